The third-order valence-electron chi connectivity index (χ3n) is 3.48. The maximum absolute atomic E-state index is 13.3. The van der Waals surface area contributed by atoms with Crippen molar-refractivity contribution in [2.24, 2.45) is 0 Å². The summed E-state index contributed by atoms with van der Waals surface area (Å²) in [5.41, 5.74) is 1.89. The molecule has 3 aromatic rings. The van der Waals surface area contributed by atoms with Gasteiger partial charge in [0.2, 0.25) is 0 Å². The highest BCUT2D eigenvalue weighted by atomic mass is 19.3. The van der Waals surface area contributed by atoms with Crippen molar-refractivity contribution in [1.29, 1.82) is 0 Å². The molecule has 0 aliphatic carbocycles. The number of fused-ring (bicyclic) bond motifs is 1. The number of aromatic nitrogens is 3. The fourth-order valence-electron chi connectivity index (χ4n) is 2.41. The molecular formula is C16H15F2N3O2. The van der Waals surface area contributed by atoms with E-state index in [0.717, 1.165) is 0 Å². The molecule has 1 aromatic carbocycles. The summed E-state index contributed by atoms with van der Waals surface area (Å²) in [4.78, 5) is 4.41. The molecule has 0 saturated carbocycles. The van der Waals surface area contributed by atoms with Gasteiger partial charge in [-0.25, -0.2) is 18.3 Å². The summed E-state index contributed by atoms with van der Waals surface area (Å²) in [6.07, 6.45) is -2.65. The van der Waals surface area contributed by atoms with E-state index in [1.54, 1.807) is 31.2 Å². The van der Waals surface area contributed by atoms with Gasteiger partial charge in [0.15, 0.2) is 17.1 Å². The van der Waals surface area contributed by atoms with Gasteiger partial charge in [-0.3, -0.25) is 0 Å². The van der Waals surface area contributed by atoms with E-state index in [0.29, 0.717) is 34.1 Å². The average molecular weight is 319 g/mol. The van der Waals surface area contributed by atoms with Crippen molar-refractivity contribution < 1.29 is 18.3 Å². The number of rotatable bonds is 4. The van der Waals surface area contributed by atoms with Crippen LogP contribution in [0, 0.1) is 6.92 Å². The molecule has 0 aliphatic rings. The third-order valence-corrected chi connectivity index (χ3v) is 3.48. The molecule has 0 atom stereocenters. The van der Waals surface area contributed by atoms with Crippen molar-refractivity contribution in [1.82, 2.24) is 14.6 Å². The lowest BCUT2D eigenvalue weighted by molar-refractivity contribution is 0.143. The SMILES string of the molecule is COc1ccc(-c2cc(C(F)F)n3nc(C)cc3n2)cc1OC. The zero-order valence-electron chi connectivity index (χ0n) is 12.9. The zero-order chi connectivity index (χ0) is 16.6. The summed E-state index contributed by atoms with van der Waals surface area (Å²) in [6.45, 7) is 1.74. The molecule has 0 radical (unpaired) electrons. The van der Waals surface area contributed by atoms with Gasteiger partial charge in [0.05, 0.1) is 25.6 Å². The van der Waals surface area contributed by atoms with Gasteiger partial charge in [-0.2, -0.15) is 5.10 Å². The number of benzene rings is 1. The number of nitrogens with zero attached hydrogens (tertiary/aromatic N) is 3. The van der Waals surface area contributed by atoms with Crippen molar-refractivity contribution >= 4 is 5.65 Å². The molecule has 5 nitrogen and oxygen atoms in total. The molecule has 0 unspecified atom stereocenters. The van der Waals surface area contributed by atoms with Gasteiger partial charge < -0.3 is 9.47 Å². The molecule has 2 aromatic heterocycles. The molecular weight excluding hydrogens is 304 g/mol. The maximum atomic E-state index is 13.3. The molecule has 0 aliphatic heterocycles. The topological polar surface area (TPSA) is 48.7 Å². The Labute approximate surface area is 131 Å². The summed E-state index contributed by atoms with van der Waals surface area (Å²) in [7, 11) is 3.05. The van der Waals surface area contributed by atoms with Gasteiger partial charge in [-0.05, 0) is 31.2 Å². The predicted octanol–water partition coefficient (Wildman–Crippen LogP) is 3.66. The van der Waals surface area contributed by atoms with Crippen LogP contribution in [0.3, 0.4) is 0 Å². The quantitative estimate of drug-likeness (QED) is 0.736. The number of methoxy groups -OCH3 is 2. The number of ether oxygens (including phenoxy) is 2. The summed E-state index contributed by atoms with van der Waals surface area (Å²) in [5, 5.41) is 4.06. The van der Waals surface area contributed by atoms with Crippen LogP contribution in [0.1, 0.15) is 17.8 Å². The van der Waals surface area contributed by atoms with Crippen molar-refractivity contribution in [2.45, 2.75) is 13.3 Å². The van der Waals surface area contributed by atoms with Crippen LogP contribution >= 0.6 is 0 Å². The first-order valence-electron chi connectivity index (χ1n) is 6.91. The summed E-state index contributed by atoms with van der Waals surface area (Å²) < 4.78 is 38.3. The molecule has 0 fully saturated rings. The molecule has 23 heavy (non-hydrogen) atoms. The fraction of sp³-hybridized carbons (Fsp3) is 0.250. The smallest absolute Gasteiger partial charge is 0.280 e. The fourth-order valence-corrected chi connectivity index (χ4v) is 2.41. The molecule has 0 bridgehead atoms. The van der Waals surface area contributed by atoms with Gasteiger partial charge in [-0.1, -0.05) is 0 Å². The molecule has 7 heteroatoms. The van der Waals surface area contributed by atoms with E-state index in [9.17, 15) is 8.78 Å². The first-order chi connectivity index (χ1) is 11.0. The van der Waals surface area contributed by atoms with Crippen LogP contribution < -0.4 is 9.47 Å². The molecule has 0 saturated heterocycles. The Balaban J connectivity index is 2.20. The molecule has 120 valence electrons. The first kappa shape index (κ1) is 15.2. The average Bonchev–Trinajstić information content (AvgIpc) is 2.92. The molecule has 0 spiro atoms. The second-order valence-corrected chi connectivity index (χ2v) is 4.99. The lowest BCUT2D eigenvalue weighted by Gasteiger charge is -2.11. The van der Waals surface area contributed by atoms with Crippen LogP contribution in [0.4, 0.5) is 8.78 Å². The van der Waals surface area contributed by atoms with Crippen LogP contribution in [0.5, 0.6) is 11.5 Å². The van der Waals surface area contributed by atoms with E-state index < -0.39 is 6.43 Å². The number of alkyl halides is 2. The zero-order valence-corrected chi connectivity index (χ0v) is 12.9. The summed E-state index contributed by atoms with van der Waals surface area (Å²) in [5.74, 6) is 1.07. The Kier molecular flexibility index (Phi) is 3.85. The Morgan fingerprint density at radius 1 is 1.04 bits per heavy atom. The van der Waals surface area contributed by atoms with Crippen LogP contribution in [0.2, 0.25) is 0 Å². The number of hydrogen-bond acceptors (Lipinski definition) is 4. The molecule has 2 heterocycles. The van der Waals surface area contributed by atoms with E-state index in [2.05, 4.69) is 10.1 Å². The van der Waals surface area contributed by atoms with Gasteiger partial charge in [0.25, 0.3) is 6.43 Å². The van der Waals surface area contributed by atoms with Gasteiger partial charge in [-0.15, -0.1) is 0 Å². The van der Waals surface area contributed by atoms with Crippen LogP contribution in [0.15, 0.2) is 30.3 Å². The Morgan fingerprint density at radius 3 is 2.43 bits per heavy atom. The molecule has 0 amide bonds. The van der Waals surface area contributed by atoms with E-state index >= 15 is 0 Å². The van der Waals surface area contributed by atoms with E-state index in [4.69, 9.17) is 9.47 Å². The number of hydrogen-bond donors (Lipinski definition) is 0. The van der Waals surface area contributed by atoms with E-state index in [1.807, 2.05) is 0 Å². The van der Waals surface area contributed by atoms with E-state index in [-0.39, 0.29) is 5.69 Å². The van der Waals surface area contributed by atoms with Gasteiger partial charge in [0.1, 0.15) is 5.69 Å². The Bertz CT molecular complexity index is 862. The Morgan fingerprint density at radius 2 is 1.78 bits per heavy atom. The number of halogens is 2. The lowest BCUT2D eigenvalue weighted by atomic mass is 10.1. The minimum atomic E-state index is -2.65. The predicted molar refractivity (Wildman–Crippen MR) is 81.2 cm³/mol. The molecule has 0 N–H and O–H groups in total. The van der Waals surface area contributed by atoms with Crippen molar-refractivity contribution in [3.05, 3.63) is 41.7 Å². The van der Waals surface area contributed by atoms with Gasteiger partial charge in [0, 0.05) is 11.6 Å². The van der Waals surface area contributed by atoms with Crippen molar-refractivity contribution in [3.63, 3.8) is 0 Å². The highest BCUT2D eigenvalue weighted by Crippen LogP contribution is 2.33. The van der Waals surface area contributed by atoms with Crippen LogP contribution in [0.25, 0.3) is 16.9 Å². The highest BCUT2D eigenvalue weighted by Gasteiger charge is 2.17. The van der Waals surface area contributed by atoms with Crippen LogP contribution in [-0.4, -0.2) is 28.8 Å². The third kappa shape index (κ3) is 2.69. The minimum Gasteiger partial charge on any atom is -0.493 e. The van der Waals surface area contributed by atoms with Crippen molar-refractivity contribution in [2.75, 3.05) is 14.2 Å². The van der Waals surface area contributed by atoms with Crippen molar-refractivity contribution in [3.8, 4) is 22.8 Å². The second-order valence-electron chi connectivity index (χ2n) is 4.99. The first-order valence-corrected chi connectivity index (χ1v) is 6.91. The standard InChI is InChI=1S/C16H15F2N3O2/c1-9-6-15-19-11(8-12(16(17)18)21(15)20-9)10-4-5-13(22-2)14(7-10)23-3/h4-8,16H,1-3H3. The normalized spacial score (nSPS) is 11.2. The maximum Gasteiger partial charge on any atom is 0.280 e. The summed E-state index contributed by atoms with van der Waals surface area (Å²) in [6, 6.07) is 8.17. The largest absolute Gasteiger partial charge is 0.493 e. The minimum absolute atomic E-state index is 0.201. The van der Waals surface area contributed by atoms with Crippen LogP contribution in [-0.2, 0) is 0 Å². The highest BCUT2D eigenvalue weighted by molar-refractivity contribution is 5.66. The van der Waals surface area contributed by atoms with E-state index in [1.165, 1.54) is 24.8 Å². The lowest BCUT2D eigenvalue weighted by Crippen LogP contribution is -2.02. The second kappa shape index (κ2) is 5.83. The number of aryl methyl sites for hydroxylation is 1. The van der Waals surface area contributed by atoms with Gasteiger partial charge >= 0.3 is 0 Å². The Hall–Kier alpha value is -2.70. The monoisotopic (exact) mass is 319 g/mol. The summed E-state index contributed by atoms with van der Waals surface area (Å²) >= 11 is 0. The molecule has 3 rings (SSSR count).